The topological polar surface area (TPSA) is 0 Å². The van der Waals surface area contributed by atoms with Gasteiger partial charge in [0.15, 0.2) is 0 Å². The Hall–Kier alpha value is -1.79. The molecule has 20 heavy (non-hydrogen) atoms. The third-order valence-electron chi connectivity index (χ3n) is 4.50. The summed E-state index contributed by atoms with van der Waals surface area (Å²) in [6.45, 7) is 4.60. The fraction of sp³-hybridized carbons (Fsp3) is 0.158. The van der Waals surface area contributed by atoms with Crippen molar-refractivity contribution < 1.29 is 0 Å². The molecule has 98 valence electrons. The fourth-order valence-electron chi connectivity index (χ4n) is 3.42. The lowest BCUT2D eigenvalue weighted by Gasteiger charge is -2.21. The molecule has 0 nitrogen and oxygen atoms in total. The molecule has 0 spiro atoms. The maximum absolute atomic E-state index is 6.13. The Kier molecular flexibility index (Phi) is 2.32. The first-order valence-corrected chi connectivity index (χ1v) is 7.29. The van der Waals surface area contributed by atoms with Gasteiger partial charge in [0.1, 0.15) is 0 Å². The van der Waals surface area contributed by atoms with Crippen LogP contribution in [0.2, 0.25) is 5.02 Å². The average Bonchev–Trinajstić information content (AvgIpc) is 2.66. The molecule has 1 aliphatic rings. The molecule has 0 radical (unpaired) electrons. The van der Waals surface area contributed by atoms with Crippen LogP contribution in [0.15, 0.2) is 54.6 Å². The van der Waals surface area contributed by atoms with Crippen LogP contribution in [0.4, 0.5) is 0 Å². The van der Waals surface area contributed by atoms with E-state index in [2.05, 4.69) is 62.4 Å². The van der Waals surface area contributed by atoms with Crippen molar-refractivity contribution in [3.63, 3.8) is 0 Å². The van der Waals surface area contributed by atoms with Gasteiger partial charge in [-0.1, -0.05) is 55.8 Å². The highest BCUT2D eigenvalue weighted by molar-refractivity contribution is 6.31. The van der Waals surface area contributed by atoms with Crippen molar-refractivity contribution in [3.05, 3.63) is 70.7 Å². The third-order valence-corrected chi connectivity index (χ3v) is 4.74. The molecule has 0 saturated carbocycles. The van der Waals surface area contributed by atoms with Gasteiger partial charge in [-0.2, -0.15) is 0 Å². The van der Waals surface area contributed by atoms with E-state index in [4.69, 9.17) is 11.6 Å². The number of halogens is 1. The van der Waals surface area contributed by atoms with Crippen LogP contribution in [0.1, 0.15) is 25.0 Å². The lowest BCUT2D eigenvalue weighted by Crippen LogP contribution is -2.14. The van der Waals surface area contributed by atoms with Crippen molar-refractivity contribution in [2.24, 2.45) is 0 Å². The van der Waals surface area contributed by atoms with E-state index in [0.29, 0.717) is 0 Å². The van der Waals surface area contributed by atoms with Gasteiger partial charge >= 0.3 is 0 Å². The molecule has 3 aromatic carbocycles. The zero-order valence-electron chi connectivity index (χ0n) is 11.6. The summed E-state index contributed by atoms with van der Waals surface area (Å²) in [7, 11) is 0. The van der Waals surface area contributed by atoms with Crippen molar-refractivity contribution in [3.8, 4) is 11.1 Å². The average molecular weight is 279 g/mol. The van der Waals surface area contributed by atoms with E-state index in [9.17, 15) is 0 Å². The van der Waals surface area contributed by atoms with Gasteiger partial charge in [-0.05, 0) is 57.3 Å². The van der Waals surface area contributed by atoms with Crippen LogP contribution < -0.4 is 0 Å². The van der Waals surface area contributed by atoms with E-state index in [-0.39, 0.29) is 5.41 Å². The number of hydrogen-bond acceptors (Lipinski definition) is 0. The molecule has 0 fully saturated rings. The predicted molar refractivity (Wildman–Crippen MR) is 86.5 cm³/mol. The number of rotatable bonds is 0. The van der Waals surface area contributed by atoms with E-state index in [1.807, 2.05) is 6.07 Å². The van der Waals surface area contributed by atoms with Gasteiger partial charge in [0, 0.05) is 10.4 Å². The zero-order chi connectivity index (χ0) is 13.9. The zero-order valence-corrected chi connectivity index (χ0v) is 12.3. The Bertz CT molecular complexity index is 844. The minimum atomic E-state index is 0.0580. The highest BCUT2D eigenvalue weighted by Gasteiger charge is 2.35. The van der Waals surface area contributed by atoms with Gasteiger partial charge in [0.25, 0.3) is 0 Å². The summed E-state index contributed by atoms with van der Waals surface area (Å²) < 4.78 is 0. The number of hydrogen-bond donors (Lipinski definition) is 0. The van der Waals surface area contributed by atoms with E-state index in [1.54, 1.807) is 0 Å². The number of fused-ring (bicyclic) bond motifs is 4. The summed E-state index contributed by atoms with van der Waals surface area (Å²) in [4.78, 5) is 0. The van der Waals surface area contributed by atoms with E-state index >= 15 is 0 Å². The summed E-state index contributed by atoms with van der Waals surface area (Å²) in [5.41, 5.74) is 5.59. The summed E-state index contributed by atoms with van der Waals surface area (Å²) in [6.07, 6.45) is 0. The third kappa shape index (κ3) is 1.49. The first-order valence-electron chi connectivity index (χ1n) is 6.91. The van der Waals surface area contributed by atoms with E-state index < -0.39 is 0 Å². The van der Waals surface area contributed by atoms with E-state index in [1.165, 1.54) is 33.0 Å². The Morgan fingerprint density at radius 3 is 2.40 bits per heavy atom. The summed E-state index contributed by atoms with van der Waals surface area (Å²) in [6, 6.07) is 19.4. The Morgan fingerprint density at radius 2 is 1.55 bits per heavy atom. The summed E-state index contributed by atoms with van der Waals surface area (Å²) >= 11 is 6.13. The van der Waals surface area contributed by atoms with Crippen LogP contribution in [-0.2, 0) is 5.41 Å². The smallest absolute Gasteiger partial charge is 0.0412 e. The summed E-state index contributed by atoms with van der Waals surface area (Å²) in [5, 5.41) is 3.27. The molecule has 0 aromatic heterocycles. The maximum Gasteiger partial charge on any atom is 0.0412 e. The molecular weight excluding hydrogens is 264 g/mol. The van der Waals surface area contributed by atoms with Gasteiger partial charge < -0.3 is 0 Å². The van der Waals surface area contributed by atoms with Crippen molar-refractivity contribution >= 4 is 22.4 Å². The van der Waals surface area contributed by atoms with Gasteiger partial charge in [-0.15, -0.1) is 0 Å². The molecule has 3 aromatic rings. The molecule has 0 aliphatic heterocycles. The second-order valence-electron chi connectivity index (χ2n) is 6.06. The van der Waals surface area contributed by atoms with E-state index in [0.717, 1.165) is 5.02 Å². The van der Waals surface area contributed by atoms with Gasteiger partial charge in [-0.3, -0.25) is 0 Å². The highest BCUT2D eigenvalue weighted by Crippen LogP contribution is 2.49. The first-order chi connectivity index (χ1) is 9.57. The second kappa shape index (κ2) is 3.86. The lowest BCUT2D eigenvalue weighted by molar-refractivity contribution is 0.661. The lowest BCUT2D eigenvalue weighted by atomic mass is 9.82. The molecule has 0 unspecified atom stereocenters. The van der Waals surface area contributed by atoms with Crippen LogP contribution >= 0.6 is 11.6 Å². The van der Waals surface area contributed by atoms with Crippen LogP contribution in [0, 0.1) is 0 Å². The quantitative estimate of drug-likeness (QED) is 0.487. The van der Waals surface area contributed by atoms with Crippen LogP contribution in [0.25, 0.3) is 21.9 Å². The largest absolute Gasteiger partial charge is 0.0843 e. The minimum absolute atomic E-state index is 0.0580. The molecular formula is C19H15Cl. The molecule has 0 bridgehead atoms. The molecule has 0 heterocycles. The fourth-order valence-corrected chi connectivity index (χ4v) is 3.60. The standard InChI is InChI=1S/C19H15Cl/c1-19(2)17-6-4-3-5-15(17)16-10-12-7-8-14(20)9-13(12)11-18(16)19/h3-11H,1-2H3. The Balaban J connectivity index is 2.12. The molecule has 0 atom stereocenters. The number of benzene rings is 3. The summed E-state index contributed by atoms with van der Waals surface area (Å²) in [5.74, 6) is 0. The predicted octanol–water partition coefficient (Wildman–Crippen LogP) is 5.80. The molecule has 0 amide bonds. The van der Waals surface area contributed by atoms with Gasteiger partial charge in [0.2, 0.25) is 0 Å². The van der Waals surface area contributed by atoms with Crippen LogP contribution in [0.3, 0.4) is 0 Å². The first kappa shape index (κ1) is 12.0. The molecule has 4 rings (SSSR count). The van der Waals surface area contributed by atoms with Gasteiger partial charge in [-0.25, -0.2) is 0 Å². The Labute approximate surface area is 124 Å². The highest BCUT2D eigenvalue weighted by atomic mass is 35.5. The molecule has 1 heteroatoms. The minimum Gasteiger partial charge on any atom is -0.0843 e. The van der Waals surface area contributed by atoms with Crippen molar-refractivity contribution in [2.75, 3.05) is 0 Å². The van der Waals surface area contributed by atoms with Crippen LogP contribution in [0.5, 0.6) is 0 Å². The van der Waals surface area contributed by atoms with Crippen molar-refractivity contribution in [1.29, 1.82) is 0 Å². The SMILES string of the molecule is CC1(C)c2ccccc2-c2cc3ccc(Cl)cc3cc21. The monoisotopic (exact) mass is 278 g/mol. The van der Waals surface area contributed by atoms with Crippen LogP contribution in [-0.4, -0.2) is 0 Å². The molecule has 1 aliphatic carbocycles. The molecule has 0 saturated heterocycles. The normalized spacial score (nSPS) is 15.2. The Morgan fingerprint density at radius 1 is 0.750 bits per heavy atom. The maximum atomic E-state index is 6.13. The van der Waals surface area contributed by atoms with Crippen molar-refractivity contribution in [2.45, 2.75) is 19.3 Å². The van der Waals surface area contributed by atoms with Gasteiger partial charge in [0.05, 0.1) is 0 Å². The molecule has 0 N–H and O–H groups in total. The van der Waals surface area contributed by atoms with Crippen molar-refractivity contribution in [1.82, 2.24) is 0 Å². The second-order valence-corrected chi connectivity index (χ2v) is 6.50.